The smallest absolute Gasteiger partial charge is 0.374 e. The van der Waals surface area contributed by atoms with E-state index >= 15 is 0 Å². The zero-order valence-corrected chi connectivity index (χ0v) is 13.1. The second kappa shape index (κ2) is 10.9. The highest BCUT2D eigenvalue weighted by atomic mass is 28.4. The van der Waals surface area contributed by atoms with E-state index in [2.05, 4.69) is 0 Å². The maximum atomic E-state index is 6.06. The van der Waals surface area contributed by atoms with Crippen LogP contribution in [0.15, 0.2) is 0 Å². The SMILES string of the molecule is CCO[Si](CCC(N)CCCN)(OCC)OCC. The van der Waals surface area contributed by atoms with E-state index in [-0.39, 0.29) is 6.04 Å². The van der Waals surface area contributed by atoms with E-state index in [1.807, 2.05) is 20.8 Å². The first-order valence-electron chi connectivity index (χ1n) is 7.01. The number of rotatable bonds is 12. The fourth-order valence-electron chi connectivity index (χ4n) is 1.89. The van der Waals surface area contributed by atoms with Gasteiger partial charge < -0.3 is 24.7 Å². The van der Waals surface area contributed by atoms with Crippen LogP contribution in [0.1, 0.15) is 40.0 Å². The summed E-state index contributed by atoms with van der Waals surface area (Å²) < 4.78 is 17.3. The normalized spacial score (nSPS) is 13.8. The molecule has 0 saturated carbocycles. The zero-order valence-electron chi connectivity index (χ0n) is 12.1. The largest absolute Gasteiger partial charge is 0.500 e. The molecule has 0 spiro atoms. The fourth-order valence-corrected chi connectivity index (χ4v) is 4.61. The summed E-state index contributed by atoms with van der Waals surface area (Å²) >= 11 is 0. The van der Waals surface area contributed by atoms with Gasteiger partial charge in [-0.3, -0.25) is 0 Å². The van der Waals surface area contributed by atoms with Crippen molar-refractivity contribution in [1.29, 1.82) is 0 Å². The molecule has 0 aliphatic rings. The second-order valence-electron chi connectivity index (χ2n) is 4.21. The molecule has 1 atom stereocenters. The Morgan fingerprint density at radius 2 is 1.44 bits per heavy atom. The van der Waals surface area contributed by atoms with Crippen molar-refractivity contribution in [3.63, 3.8) is 0 Å². The number of hydrogen-bond donors (Lipinski definition) is 2. The van der Waals surface area contributed by atoms with E-state index < -0.39 is 8.80 Å². The lowest BCUT2D eigenvalue weighted by atomic mass is 10.1. The molecule has 6 heteroatoms. The Balaban J connectivity index is 4.27. The minimum absolute atomic E-state index is 0.154. The van der Waals surface area contributed by atoms with Gasteiger partial charge in [0, 0.05) is 31.9 Å². The quantitative estimate of drug-likeness (QED) is 0.529. The molecule has 18 heavy (non-hydrogen) atoms. The molecule has 4 N–H and O–H groups in total. The third-order valence-electron chi connectivity index (χ3n) is 2.69. The van der Waals surface area contributed by atoms with Gasteiger partial charge in [0.1, 0.15) is 0 Å². The van der Waals surface area contributed by atoms with Gasteiger partial charge in [-0.25, -0.2) is 0 Å². The fraction of sp³-hybridized carbons (Fsp3) is 1.00. The molecule has 0 radical (unpaired) electrons. The van der Waals surface area contributed by atoms with Crippen LogP contribution in [-0.2, 0) is 13.3 Å². The summed E-state index contributed by atoms with van der Waals surface area (Å²) in [4.78, 5) is 0. The predicted molar refractivity (Wildman–Crippen MR) is 76.3 cm³/mol. The standard InChI is InChI=1S/C12H30N2O3Si/c1-4-15-18(16-5-2,17-6-3)11-9-12(14)8-7-10-13/h12H,4-11,13-14H2,1-3H3. The Kier molecular flexibility index (Phi) is 10.9. The van der Waals surface area contributed by atoms with Gasteiger partial charge in [0.25, 0.3) is 0 Å². The van der Waals surface area contributed by atoms with E-state index in [9.17, 15) is 0 Å². The van der Waals surface area contributed by atoms with Crippen molar-refractivity contribution in [3.8, 4) is 0 Å². The average molecular weight is 278 g/mol. The van der Waals surface area contributed by atoms with Crippen molar-refractivity contribution < 1.29 is 13.3 Å². The van der Waals surface area contributed by atoms with E-state index in [1.54, 1.807) is 0 Å². The van der Waals surface area contributed by atoms with E-state index in [0.717, 1.165) is 25.3 Å². The lowest BCUT2D eigenvalue weighted by Crippen LogP contribution is -2.47. The van der Waals surface area contributed by atoms with Gasteiger partial charge in [0.2, 0.25) is 0 Å². The van der Waals surface area contributed by atoms with Crippen LogP contribution in [-0.4, -0.2) is 41.2 Å². The van der Waals surface area contributed by atoms with Crippen molar-refractivity contribution in [2.75, 3.05) is 26.4 Å². The van der Waals surface area contributed by atoms with Crippen LogP contribution in [0.3, 0.4) is 0 Å². The Bertz CT molecular complexity index is 179. The highest BCUT2D eigenvalue weighted by molar-refractivity contribution is 6.60. The highest BCUT2D eigenvalue weighted by Gasteiger charge is 2.40. The van der Waals surface area contributed by atoms with E-state index in [1.165, 1.54) is 0 Å². The lowest BCUT2D eigenvalue weighted by Gasteiger charge is -2.29. The molecule has 0 aromatic heterocycles. The van der Waals surface area contributed by atoms with Gasteiger partial charge in [-0.15, -0.1) is 0 Å². The van der Waals surface area contributed by atoms with E-state index in [4.69, 9.17) is 24.7 Å². The Labute approximate surface area is 113 Å². The minimum atomic E-state index is -2.51. The average Bonchev–Trinajstić information content (AvgIpc) is 2.35. The third-order valence-corrected chi connectivity index (χ3v) is 5.78. The summed E-state index contributed by atoms with van der Waals surface area (Å²) in [6, 6.07) is 0.940. The molecule has 0 amide bonds. The van der Waals surface area contributed by atoms with Crippen molar-refractivity contribution in [3.05, 3.63) is 0 Å². The summed E-state index contributed by atoms with van der Waals surface area (Å²) in [5.41, 5.74) is 11.5. The molecule has 5 nitrogen and oxygen atoms in total. The first-order valence-corrected chi connectivity index (χ1v) is 8.94. The monoisotopic (exact) mass is 278 g/mol. The molecule has 0 fully saturated rings. The summed E-state index contributed by atoms with van der Waals surface area (Å²) in [5.74, 6) is 0. The molecule has 0 saturated heterocycles. The molecule has 0 bridgehead atoms. The third kappa shape index (κ3) is 7.45. The van der Waals surface area contributed by atoms with Gasteiger partial charge >= 0.3 is 8.80 Å². The van der Waals surface area contributed by atoms with Gasteiger partial charge in [-0.05, 0) is 46.6 Å². The minimum Gasteiger partial charge on any atom is -0.374 e. The Morgan fingerprint density at radius 3 is 1.83 bits per heavy atom. The molecule has 0 aromatic carbocycles. The molecule has 1 unspecified atom stereocenters. The molecule has 0 heterocycles. The van der Waals surface area contributed by atoms with Crippen LogP contribution in [0.4, 0.5) is 0 Å². The zero-order chi connectivity index (χ0) is 13.9. The number of nitrogens with two attached hydrogens (primary N) is 2. The first kappa shape index (κ1) is 18.0. The maximum absolute atomic E-state index is 6.06. The van der Waals surface area contributed by atoms with Crippen molar-refractivity contribution in [2.24, 2.45) is 11.5 Å². The van der Waals surface area contributed by atoms with E-state index in [0.29, 0.717) is 26.4 Å². The maximum Gasteiger partial charge on any atom is 0.500 e. The molecule has 0 aliphatic heterocycles. The second-order valence-corrected chi connectivity index (χ2v) is 6.94. The van der Waals surface area contributed by atoms with Gasteiger partial charge in [0.05, 0.1) is 0 Å². The Hall–Kier alpha value is 0.0169. The molecule has 110 valence electrons. The van der Waals surface area contributed by atoms with Crippen LogP contribution < -0.4 is 11.5 Å². The van der Waals surface area contributed by atoms with Crippen LogP contribution in [0.5, 0.6) is 0 Å². The predicted octanol–water partition coefficient (Wildman–Crippen LogP) is 1.49. The summed E-state index contributed by atoms with van der Waals surface area (Å²) in [7, 11) is -2.51. The van der Waals surface area contributed by atoms with Crippen LogP contribution in [0.2, 0.25) is 6.04 Å². The summed E-state index contributed by atoms with van der Waals surface area (Å²) in [6.45, 7) is 8.44. The van der Waals surface area contributed by atoms with Crippen LogP contribution >= 0.6 is 0 Å². The van der Waals surface area contributed by atoms with Crippen LogP contribution in [0, 0.1) is 0 Å². The first-order chi connectivity index (χ1) is 8.64. The number of hydrogen-bond acceptors (Lipinski definition) is 5. The van der Waals surface area contributed by atoms with Crippen LogP contribution in [0.25, 0.3) is 0 Å². The molecule has 0 aromatic rings. The molecule has 0 rings (SSSR count). The molecular weight excluding hydrogens is 248 g/mol. The molecule has 0 aliphatic carbocycles. The van der Waals surface area contributed by atoms with Gasteiger partial charge in [0.15, 0.2) is 0 Å². The summed E-state index contributed by atoms with van der Waals surface area (Å²) in [6.07, 6.45) is 2.78. The lowest BCUT2D eigenvalue weighted by molar-refractivity contribution is 0.0702. The molecular formula is C12H30N2O3Si. The highest BCUT2D eigenvalue weighted by Crippen LogP contribution is 2.19. The summed E-state index contributed by atoms with van der Waals surface area (Å²) in [5, 5.41) is 0. The van der Waals surface area contributed by atoms with Crippen molar-refractivity contribution >= 4 is 8.80 Å². The topological polar surface area (TPSA) is 79.7 Å². The Morgan fingerprint density at radius 1 is 0.944 bits per heavy atom. The van der Waals surface area contributed by atoms with Gasteiger partial charge in [-0.1, -0.05) is 0 Å². The van der Waals surface area contributed by atoms with Crippen molar-refractivity contribution in [1.82, 2.24) is 0 Å². The van der Waals surface area contributed by atoms with Crippen molar-refractivity contribution in [2.45, 2.75) is 52.1 Å². The van der Waals surface area contributed by atoms with Gasteiger partial charge in [-0.2, -0.15) is 0 Å².